The summed E-state index contributed by atoms with van der Waals surface area (Å²) in [6.45, 7) is 2.01. The molecule has 0 aliphatic carbocycles. The van der Waals surface area contributed by atoms with Crippen molar-refractivity contribution in [2.75, 3.05) is 5.73 Å². The van der Waals surface area contributed by atoms with Gasteiger partial charge in [0.25, 0.3) is 0 Å². The molecule has 0 saturated heterocycles. The molecular formula is C16H12Cl2N2O. The zero-order valence-electron chi connectivity index (χ0n) is 11.2. The number of anilines is 1. The summed E-state index contributed by atoms with van der Waals surface area (Å²) >= 11 is 12.0. The van der Waals surface area contributed by atoms with Gasteiger partial charge in [0.1, 0.15) is 5.69 Å². The lowest BCUT2D eigenvalue weighted by molar-refractivity contribution is 0.439. The number of aromatic nitrogens is 1. The Hall–Kier alpha value is -1.97. The van der Waals surface area contributed by atoms with Gasteiger partial charge in [-0.3, -0.25) is 0 Å². The Morgan fingerprint density at radius 1 is 1.05 bits per heavy atom. The van der Waals surface area contributed by atoms with Crippen molar-refractivity contribution in [3.63, 3.8) is 0 Å². The highest BCUT2D eigenvalue weighted by molar-refractivity contribution is 6.42. The predicted octanol–water partition coefficient (Wildman–Crippen LogP) is 5.21. The molecule has 0 bridgehead atoms. The van der Waals surface area contributed by atoms with E-state index in [9.17, 15) is 0 Å². The minimum Gasteiger partial charge on any atom is -0.367 e. The van der Waals surface area contributed by atoms with Gasteiger partial charge >= 0.3 is 0 Å². The van der Waals surface area contributed by atoms with Crippen LogP contribution in [0.25, 0.3) is 22.4 Å². The summed E-state index contributed by atoms with van der Waals surface area (Å²) in [5, 5.41) is 5.03. The van der Waals surface area contributed by atoms with E-state index in [2.05, 4.69) is 5.16 Å². The van der Waals surface area contributed by atoms with Crippen molar-refractivity contribution in [2.24, 2.45) is 0 Å². The van der Waals surface area contributed by atoms with Crippen molar-refractivity contribution in [2.45, 2.75) is 6.92 Å². The van der Waals surface area contributed by atoms with Gasteiger partial charge in [-0.2, -0.15) is 0 Å². The van der Waals surface area contributed by atoms with Crippen molar-refractivity contribution >= 4 is 29.1 Å². The first kappa shape index (κ1) is 14.0. The fourth-order valence-corrected chi connectivity index (χ4v) is 2.56. The molecular weight excluding hydrogens is 307 g/mol. The van der Waals surface area contributed by atoms with Crippen LogP contribution in [0.2, 0.25) is 10.0 Å². The van der Waals surface area contributed by atoms with Crippen LogP contribution in [-0.4, -0.2) is 5.16 Å². The van der Waals surface area contributed by atoms with E-state index in [0.29, 0.717) is 15.7 Å². The highest BCUT2D eigenvalue weighted by Crippen LogP contribution is 2.39. The molecule has 21 heavy (non-hydrogen) atoms. The van der Waals surface area contributed by atoms with Crippen LogP contribution >= 0.6 is 23.2 Å². The second-order valence-electron chi connectivity index (χ2n) is 4.71. The van der Waals surface area contributed by atoms with E-state index in [0.717, 1.165) is 22.3 Å². The van der Waals surface area contributed by atoms with Crippen molar-refractivity contribution in [1.29, 1.82) is 0 Å². The van der Waals surface area contributed by atoms with Gasteiger partial charge in [-0.05, 0) is 30.2 Å². The van der Waals surface area contributed by atoms with E-state index in [4.69, 9.17) is 33.5 Å². The number of nitrogens with two attached hydrogens (primary N) is 1. The smallest absolute Gasteiger partial charge is 0.230 e. The SMILES string of the molecule is Cc1ccccc1-c1c(-c2ccc(Cl)c(Cl)c2)noc1N. The molecule has 0 unspecified atom stereocenters. The third kappa shape index (κ3) is 2.50. The predicted molar refractivity (Wildman–Crippen MR) is 86.5 cm³/mol. The Morgan fingerprint density at radius 2 is 1.81 bits per heavy atom. The van der Waals surface area contributed by atoms with Gasteiger partial charge in [0.05, 0.1) is 15.6 Å². The van der Waals surface area contributed by atoms with Gasteiger partial charge in [0, 0.05) is 5.56 Å². The molecule has 2 aromatic carbocycles. The number of hydrogen-bond donors (Lipinski definition) is 1. The average Bonchev–Trinajstić information content (AvgIpc) is 2.84. The normalized spacial score (nSPS) is 10.8. The molecule has 5 heteroatoms. The van der Waals surface area contributed by atoms with Gasteiger partial charge in [0.2, 0.25) is 5.88 Å². The van der Waals surface area contributed by atoms with E-state index in [1.807, 2.05) is 37.3 Å². The first-order valence-corrected chi connectivity index (χ1v) is 7.10. The molecule has 3 aromatic rings. The van der Waals surface area contributed by atoms with Crippen LogP contribution in [0.3, 0.4) is 0 Å². The number of nitrogens with zero attached hydrogens (tertiary/aromatic N) is 1. The number of halogens is 2. The summed E-state index contributed by atoms with van der Waals surface area (Å²) in [7, 11) is 0. The molecule has 0 aliphatic heterocycles. The second-order valence-corrected chi connectivity index (χ2v) is 5.53. The van der Waals surface area contributed by atoms with Crippen molar-refractivity contribution in [1.82, 2.24) is 5.16 Å². The molecule has 3 rings (SSSR count). The summed E-state index contributed by atoms with van der Waals surface area (Å²) < 4.78 is 5.18. The maximum absolute atomic E-state index is 6.08. The third-order valence-electron chi connectivity index (χ3n) is 3.33. The molecule has 0 spiro atoms. The summed E-state index contributed by atoms with van der Waals surface area (Å²) in [6.07, 6.45) is 0. The Labute approximate surface area is 132 Å². The second kappa shape index (κ2) is 5.43. The van der Waals surface area contributed by atoms with E-state index in [-0.39, 0.29) is 5.88 Å². The molecule has 1 aromatic heterocycles. The quantitative estimate of drug-likeness (QED) is 0.706. The molecule has 106 valence electrons. The van der Waals surface area contributed by atoms with Crippen LogP contribution in [0.15, 0.2) is 47.0 Å². The highest BCUT2D eigenvalue weighted by Gasteiger charge is 2.19. The summed E-state index contributed by atoms with van der Waals surface area (Å²) in [5.74, 6) is 0.283. The number of rotatable bonds is 2. The van der Waals surface area contributed by atoms with Crippen LogP contribution < -0.4 is 5.73 Å². The van der Waals surface area contributed by atoms with Crippen LogP contribution in [0.5, 0.6) is 0 Å². The highest BCUT2D eigenvalue weighted by atomic mass is 35.5. The van der Waals surface area contributed by atoms with Gasteiger partial charge in [-0.15, -0.1) is 0 Å². The monoisotopic (exact) mass is 318 g/mol. The Morgan fingerprint density at radius 3 is 2.52 bits per heavy atom. The molecule has 0 amide bonds. The van der Waals surface area contributed by atoms with Gasteiger partial charge in [-0.25, -0.2) is 0 Å². The van der Waals surface area contributed by atoms with Gasteiger partial charge in [-0.1, -0.05) is 58.7 Å². The Bertz CT molecular complexity index is 812. The molecule has 0 radical (unpaired) electrons. The molecule has 1 heterocycles. The first-order valence-electron chi connectivity index (χ1n) is 6.34. The summed E-state index contributed by atoms with van der Waals surface area (Å²) in [4.78, 5) is 0. The maximum atomic E-state index is 6.08. The topological polar surface area (TPSA) is 52.0 Å². The molecule has 0 aliphatic rings. The zero-order valence-corrected chi connectivity index (χ0v) is 12.7. The standard InChI is InChI=1S/C16H12Cl2N2O/c1-9-4-2-3-5-11(9)14-15(20-21-16(14)19)10-6-7-12(17)13(18)8-10/h2-8H,19H2,1H3. The fourth-order valence-electron chi connectivity index (χ4n) is 2.26. The lowest BCUT2D eigenvalue weighted by atomic mass is 9.97. The maximum Gasteiger partial charge on any atom is 0.230 e. The van der Waals surface area contributed by atoms with E-state index in [1.165, 1.54) is 0 Å². The molecule has 0 saturated carbocycles. The largest absolute Gasteiger partial charge is 0.367 e. The van der Waals surface area contributed by atoms with Gasteiger partial charge < -0.3 is 10.3 Å². The van der Waals surface area contributed by atoms with E-state index in [1.54, 1.807) is 12.1 Å². The summed E-state index contributed by atoms with van der Waals surface area (Å²) in [5.41, 5.74) is 10.3. The van der Waals surface area contributed by atoms with E-state index >= 15 is 0 Å². The molecule has 0 atom stereocenters. The van der Waals surface area contributed by atoms with Gasteiger partial charge in [0.15, 0.2) is 0 Å². The number of nitrogen functional groups attached to an aromatic ring is 1. The minimum atomic E-state index is 0.283. The number of hydrogen-bond acceptors (Lipinski definition) is 3. The molecule has 2 N–H and O–H groups in total. The van der Waals surface area contributed by atoms with Crippen LogP contribution in [-0.2, 0) is 0 Å². The number of benzene rings is 2. The molecule has 3 nitrogen and oxygen atoms in total. The Kier molecular flexibility index (Phi) is 3.62. The first-order chi connectivity index (χ1) is 10.1. The van der Waals surface area contributed by atoms with Crippen LogP contribution in [0.1, 0.15) is 5.56 Å². The fraction of sp³-hybridized carbons (Fsp3) is 0.0625. The minimum absolute atomic E-state index is 0.283. The lowest BCUT2D eigenvalue weighted by Gasteiger charge is -2.07. The van der Waals surface area contributed by atoms with Crippen LogP contribution in [0.4, 0.5) is 5.88 Å². The average molecular weight is 319 g/mol. The lowest BCUT2D eigenvalue weighted by Crippen LogP contribution is -1.90. The molecule has 0 fully saturated rings. The Balaban J connectivity index is 2.22. The third-order valence-corrected chi connectivity index (χ3v) is 4.06. The number of aryl methyl sites for hydroxylation is 1. The van der Waals surface area contributed by atoms with Crippen LogP contribution in [0, 0.1) is 6.92 Å². The zero-order chi connectivity index (χ0) is 15.0. The van der Waals surface area contributed by atoms with Crippen molar-refractivity contribution in [3.8, 4) is 22.4 Å². The summed E-state index contributed by atoms with van der Waals surface area (Å²) in [6, 6.07) is 13.2. The van der Waals surface area contributed by atoms with E-state index < -0.39 is 0 Å². The van der Waals surface area contributed by atoms with Crippen molar-refractivity contribution < 1.29 is 4.52 Å². The van der Waals surface area contributed by atoms with Crippen molar-refractivity contribution in [3.05, 3.63) is 58.1 Å².